The molecule has 1 saturated heterocycles. The minimum atomic E-state index is 0.0990. The van der Waals surface area contributed by atoms with E-state index in [2.05, 4.69) is 15.3 Å². The predicted octanol–water partition coefficient (Wildman–Crippen LogP) is 0.0605. The fourth-order valence-electron chi connectivity index (χ4n) is 1.56. The van der Waals surface area contributed by atoms with Gasteiger partial charge < -0.3 is 20.1 Å². The van der Waals surface area contributed by atoms with E-state index < -0.39 is 0 Å². The Morgan fingerprint density at radius 1 is 1.40 bits per heavy atom. The summed E-state index contributed by atoms with van der Waals surface area (Å²) in [4.78, 5) is 9.99. The first-order valence-corrected chi connectivity index (χ1v) is 4.87. The smallest absolute Gasteiger partial charge is 0.201 e. The number of morpholine rings is 1. The highest BCUT2D eigenvalue weighted by atomic mass is 16.5. The van der Waals surface area contributed by atoms with Crippen LogP contribution in [0.4, 0.5) is 11.6 Å². The third kappa shape index (κ3) is 1.94. The van der Waals surface area contributed by atoms with Crippen LogP contribution in [0.25, 0.3) is 0 Å². The molecule has 0 spiro atoms. The Morgan fingerprint density at radius 2 is 2.13 bits per heavy atom. The van der Waals surface area contributed by atoms with Crippen LogP contribution < -0.4 is 10.2 Å². The van der Waals surface area contributed by atoms with Crippen molar-refractivity contribution < 1.29 is 9.84 Å². The molecule has 6 heteroatoms. The lowest BCUT2D eigenvalue weighted by molar-refractivity contribution is 0.122. The van der Waals surface area contributed by atoms with Gasteiger partial charge in [-0.3, -0.25) is 0 Å². The van der Waals surface area contributed by atoms with E-state index in [4.69, 9.17) is 4.74 Å². The maximum Gasteiger partial charge on any atom is 0.201 e. The minimum absolute atomic E-state index is 0.0990. The monoisotopic (exact) mass is 210 g/mol. The van der Waals surface area contributed by atoms with E-state index in [0.29, 0.717) is 24.8 Å². The average molecular weight is 210 g/mol. The number of ether oxygens (including phenoxy) is 1. The first kappa shape index (κ1) is 9.97. The average Bonchev–Trinajstić information content (AvgIpc) is 2.30. The molecule has 0 atom stereocenters. The van der Waals surface area contributed by atoms with Gasteiger partial charge in [-0.25, -0.2) is 9.97 Å². The van der Waals surface area contributed by atoms with Crippen LogP contribution in [-0.4, -0.2) is 48.4 Å². The fraction of sp³-hybridized carbons (Fsp3) is 0.556. The summed E-state index contributed by atoms with van der Waals surface area (Å²) in [5, 5.41) is 12.7. The van der Waals surface area contributed by atoms with Crippen molar-refractivity contribution in [3.8, 4) is 5.75 Å². The van der Waals surface area contributed by atoms with Crippen molar-refractivity contribution in [2.24, 2.45) is 0 Å². The summed E-state index contributed by atoms with van der Waals surface area (Å²) in [5.41, 5.74) is 0. The number of rotatable bonds is 2. The van der Waals surface area contributed by atoms with Crippen LogP contribution in [0.2, 0.25) is 0 Å². The molecule has 0 bridgehead atoms. The molecule has 2 N–H and O–H groups in total. The van der Waals surface area contributed by atoms with Gasteiger partial charge in [-0.2, -0.15) is 0 Å². The van der Waals surface area contributed by atoms with Crippen molar-refractivity contribution >= 4 is 11.6 Å². The van der Waals surface area contributed by atoms with Gasteiger partial charge in [-0.05, 0) is 0 Å². The molecule has 0 aliphatic carbocycles. The van der Waals surface area contributed by atoms with E-state index in [0.717, 1.165) is 13.1 Å². The van der Waals surface area contributed by atoms with Crippen LogP contribution >= 0.6 is 0 Å². The molecular weight excluding hydrogens is 196 g/mol. The zero-order valence-electron chi connectivity index (χ0n) is 8.60. The number of anilines is 2. The Bertz CT molecular complexity index is 339. The standard InChI is InChI=1S/C9H14N4O2/c1-10-8-7(14)9(12-6-11-8)13-2-4-15-5-3-13/h6,14H,2-5H2,1H3,(H,10,11,12). The normalized spacial score (nSPS) is 16.5. The Labute approximate surface area is 87.9 Å². The van der Waals surface area contributed by atoms with Crippen LogP contribution in [0.1, 0.15) is 0 Å². The molecule has 1 aromatic rings. The van der Waals surface area contributed by atoms with Gasteiger partial charge in [0.1, 0.15) is 6.33 Å². The second kappa shape index (κ2) is 4.31. The van der Waals surface area contributed by atoms with Crippen LogP contribution in [0.15, 0.2) is 6.33 Å². The van der Waals surface area contributed by atoms with Gasteiger partial charge in [0.25, 0.3) is 0 Å². The van der Waals surface area contributed by atoms with Gasteiger partial charge >= 0.3 is 0 Å². The molecule has 0 unspecified atom stereocenters. The summed E-state index contributed by atoms with van der Waals surface area (Å²) < 4.78 is 5.24. The molecule has 0 amide bonds. The van der Waals surface area contributed by atoms with E-state index in [9.17, 15) is 5.11 Å². The van der Waals surface area contributed by atoms with Gasteiger partial charge in [0, 0.05) is 20.1 Å². The Kier molecular flexibility index (Phi) is 2.86. The highest BCUT2D eigenvalue weighted by Gasteiger charge is 2.18. The topological polar surface area (TPSA) is 70.5 Å². The van der Waals surface area contributed by atoms with Gasteiger partial charge in [0.15, 0.2) is 11.6 Å². The molecule has 1 aliphatic heterocycles. The summed E-state index contributed by atoms with van der Waals surface area (Å²) in [6.07, 6.45) is 1.44. The van der Waals surface area contributed by atoms with Crippen LogP contribution in [-0.2, 0) is 4.74 Å². The molecule has 1 fully saturated rings. The molecule has 0 radical (unpaired) electrons. The molecule has 6 nitrogen and oxygen atoms in total. The molecule has 2 rings (SSSR count). The van der Waals surface area contributed by atoms with Crippen molar-refractivity contribution in [2.45, 2.75) is 0 Å². The Morgan fingerprint density at radius 3 is 2.80 bits per heavy atom. The summed E-state index contributed by atoms with van der Waals surface area (Å²) in [7, 11) is 1.71. The van der Waals surface area contributed by atoms with E-state index in [-0.39, 0.29) is 5.75 Å². The van der Waals surface area contributed by atoms with Crippen molar-refractivity contribution in [3.63, 3.8) is 0 Å². The Balaban J connectivity index is 2.26. The quantitative estimate of drug-likeness (QED) is 0.719. The molecule has 82 valence electrons. The van der Waals surface area contributed by atoms with Crippen molar-refractivity contribution in [3.05, 3.63) is 6.33 Å². The highest BCUT2D eigenvalue weighted by molar-refractivity contribution is 5.63. The van der Waals surface area contributed by atoms with Gasteiger partial charge in [-0.15, -0.1) is 0 Å². The summed E-state index contributed by atoms with van der Waals surface area (Å²) in [5.74, 6) is 1.12. The number of hydrogen-bond acceptors (Lipinski definition) is 6. The lowest BCUT2D eigenvalue weighted by Gasteiger charge is -2.28. The first-order chi connectivity index (χ1) is 7.33. The zero-order chi connectivity index (χ0) is 10.7. The Hall–Kier alpha value is -1.56. The van der Waals surface area contributed by atoms with Gasteiger partial charge in [0.2, 0.25) is 5.75 Å². The zero-order valence-corrected chi connectivity index (χ0v) is 8.60. The maximum atomic E-state index is 9.87. The first-order valence-electron chi connectivity index (χ1n) is 4.87. The fourth-order valence-corrected chi connectivity index (χ4v) is 1.56. The molecular formula is C9H14N4O2. The summed E-state index contributed by atoms with van der Waals surface area (Å²) in [6, 6.07) is 0. The number of hydrogen-bond donors (Lipinski definition) is 2. The lowest BCUT2D eigenvalue weighted by Crippen LogP contribution is -2.36. The number of nitrogens with zero attached hydrogens (tertiary/aromatic N) is 3. The molecule has 15 heavy (non-hydrogen) atoms. The number of aromatic nitrogens is 2. The van der Waals surface area contributed by atoms with Crippen molar-refractivity contribution in [1.29, 1.82) is 0 Å². The number of aromatic hydroxyl groups is 1. The molecule has 2 heterocycles. The van der Waals surface area contributed by atoms with Crippen LogP contribution in [0.3, 0.4) is 0 Å². The summed E-state index contributed by atoms with van der Waals surface area (Å²) >= 11 is 0. The maximum absolute atomic E-state index is 9.87. The third-order valence-corrected chi connectivity index (χ3v) is 2.35. The van der Waals surface area contributed by atoms with E-state index in [1.54, 1.807) is 7.05 Å². The SMILES string of the molecule is CNc1ncnc(N2CCOCC2)c1O. The highest BCUT2D eigenvalue weighted by Crippen LogP contribution is 2.30. The van der Waals surface area contributed by atoms with Crippen LogP contribution in [0.5, 0.6) is 5.75 Å². The third-order valence-electron chi connectivity index (χ3n) is 2.35. The van der Waals surface area contributed by atoms with Gasteiger partial charge in [-0.1, -0.05) is 0 Å². The van der Waals surface area contributed by atoms with E-state index >= 15 is 0 Å². The molecule has 0 aromatic carbocycles. The number of nitrogens with one attached hydrogen (secondary N) is 1. The molecule has 0 saturated carbocycles. The second-order valence-corrected chi connectivity index (χ2v) is 3.24. The van der Waals surface area contributed by atoms with Gasteiger partial charge in [0.05, 0.1) is 13.2 Å². The lowest BCUT2D eigenvalue weighted by atomic mass is 10.3. The largest absolute Gasteiger partial charge is 0.502 e. The van der Waals surface area contributed by atoms with E-state index in [1.165, 1.54) is 6.33 Å². The van der Waals surface area contributed by atoms with Crippen LogP contribution in [0, 0.1) is 0 Å². The van der Waals surface area contributed by atoms with Crippen molar-refractivity contribution in [2.75, 3.05) is 43.6 Å². The summed E-state index contributed by atoms with van der Waals surface area (Å²) in [6.45, 7) is 2.82. The predicted molar refractivity (Wildman–Crippen MR) is 56.3 cm³/mol. The second-order valence-electron chi connectivity index (χ2n) is 3.24. The van der Waals surface area contributed by atoms with E-state index in [1.807, 2.05) is 4.90 Å². The molecule has 1 aromatic heterocycles. The molecule has 1 aliphatic rings. The van der Waals surface area contributed by atoms with Crippen molar-refractivity contribution in [1.82, 2.24) is 9.97 Å². The minimum Gasteiger partial charge on any atom is -0.502 e.